The maximum atomic E-state index is 11.2. The number of fused-ring (bicyclic) bond motifs is 1. The maximum Gasteiger partial charge on any atom is 0.217 e. The molecule has 3 rings (SSSR count). The number of piperidine rings is 1. The van der Waals surface area contributed by atoms with Crippen LogP contribution in [0.25, 0.3) is 0 Å². The van der Waals surface area contributed by atoms with Crippen LogP contribution in [0, 0.1) is 5.92 Å². The summed E-state index contributed by atoms with van der Waals surface area (Å²) in [5.41, 5.74) is 8.30. The summed E-state index contributed by atoms with van der Waals surface area (Å²) in [4.78, 5) is 20.4. The average Bonchev–Trinajstić information content (AvgIpc) is 2.65. The number of aliphatic imine (C=N–C) groups is 1. The average molecular weight is 485 g/mol. The van der Waals surface area contributed by atoms with Crippen molar-refractivity contribution >= 4 is 35.8 Å². The standard InChI is InChI=1S/C20H31N5O.HI/c1-22-20(25-10-4-5-16(14-25)13-19(21)26)23-9-12-24-11-8-17-6-2-3-7-18(17)15-24;/h2-3,6-7,16H,4-5,8-15H2,1H3,(H2,21,26)(H,22,23);1H. The number of nitrogens with two attached hydrogens (primary N) is 1. The van der Waals surface area contributed by atoms with Gasteiger partial charge in [-0.25, -0.2) is 0 Å². The lowest BCUT2D eigenvalue weighted by atomic mass is 9.95. The summed E-state index contributed by atoms with van der Waals surface area (Å²) in [7, 11) is 1.83. The Morgan fingerprint density at radius 2 is 2.07 bits per heavy atom. The number of amides is 1. The van der Waals surface area contributed by atoms with Gasteiger partial charge in [0.1, 0.15) is 0 Å². The molecule has 150 valence electrons. The predicted octanol–water partition coefficient (Wildman–Crippen LogP) is 1.83. The predicted molar refractivity (Wildman–Crippen MR) is 120 cm³/mol. The Morgan fingerprint density at radius 3 is 2.81 bits per heavy atom. The second kappa shape index (κ2) is 10.8. The smallest absolute Gasteiger partial charge is 0.217 e. The molecule has 1 saturated heterocycles. The van der Waals surface area contributed by atoms with E-state index in [0.717, 1.165) is 64.5 Å². The van der Waals surface area contributed by atoms with E-state index in [9.17, 15) is 4.79 Å². The minimum Gasteiger partial charge on any atom is -0.370 e. The van der Waals surface area contributed by atoms with Crippen molar-refractivity contribution in [1.29, 1.82) is 0 Å². The van der Waals surface area contributed by atoms with E-state index >= 15 is 0 Å². The third-order valence-electron chi connectivity index (χ3n) is 5.44. The molecule has 0 radical (unpaired) electrons. The first-order valence-electron chi connectivity index (χ1n) is 9.68. The molecule has 2 heterocycles. The molecule has 0 aliphatic carbocycles. The van der Waals surface area contributed by atoms with Crippen molar-refractivity contribution in [3.63, 3.8) is 0 Å². The van der Waals surface area contributed by atoms with Crippen LogP contribution in [0.5, 0.6) is 0 Å². The van der Waals surface area contributed by atoms with Crippen LogP contribution in [-0.2, 0) is 17.8 Å². The Balaban J connectivity index is 0.00000261. The second-order valence-electron chi connectivity index (χ2n) is 7.39. The number of primary amides is 1. The van der Waals surface area contributed by atoms with Gasteiger partial charge < -0.3 is 16.0 Å². The minimum atomic E-state index is -0.204. The SMILES string of the molecule is CN=C(NCCN1CCc2ccccc2C1)N1CCCC(CC(N)=O)C1.I. The molecule has 1 amide bonds. The summed E-state index contributed by atoms with van der Waals surface area (Å²) >= 11 is 0. The Morgan fingerprint density at radius 1 is 1.30 bits per heavy atom. The number of nitrogens with zero attached hydrogens (tertiary/aromatic N) is 3. The zero-order valence-electron chi connectivity index (χ0n) is 16.2. The third-order valence-corrected chi connectivity index (χ3v) is 5.44. The summed E-state index contributed by atoms with van der Waals surface area (Å²) in [6, 6.07) is 8.73. The van der Waals surface area contributed by atoms with Crippen LogP contribution in [-0.4, -0.2) is 61.4 Å². The van der Waals surface area contributed by atoms with Gasteiger partial charge in [-0.2, -0.15) is 0 Å². The number of hydrogen-bond donors (Lipinski definition) is 2. The quantitative estimate of drug-likeness (QED) is 0.379. The van der Waals surface area contributed by atoms with Gasteiger partial charge in [-0.05, 0) is 36.3 Å². The second-order valence-corrected chi connectivity index (χ2v) is 7.39. The fourth-order valence-electron chi connectivity index (χ4n) is 4.11. The van der Waals surface area contributed by atoms with Gasteiger partial charge in [0.05, 0.1) is 0 Å². The van der Waals surface area contributed by atoms with Gasteiger partial charge in [-0.3, -0.25) is 14.7 Å². The number of carbonyl (C=O) groups excluding carboxylic acids is 1. The molecular weight excluding hydrogens is 453 g/mol. The molecule has 1 atom stereocenters. The Bertz CT molecular complexity index is 651. The van der Waals surface area contributed by atoms with E-state index in [2.05, 4.69) is 44.4 Å². The van der Waals surface area contributed by atoms with E-state index < -0.39 is 0 Å². The van der Waals surface area contributed by atoms with Crippen LogP contribution < -0.4 is 11.1 Å². The number of likely N-dealkylation sites (tertiary alicyclic amines) is 1. The highest BCUT2D eigenvalue weighted by Gasteiger charge is 2.23. The number of rotatable bonds is 5. The first-order chi connectivity index (χ1) is 12.7. The summed E-state index contributed by atoms with van der Waals surface area (Å²) in [5.74, 6) is 1.08. The monoisotopic (exact) mass is 485 g/mol. The van der Waals surface area contributed by atoms with E-state index in [1.165, 1.54) is 11.1 Å². The maximum absolute atomic E-state index is 11.2. The normalized spacial score (nSPS) is 20.6. The van der Waals surface area contributed by atoms with E-state index in [4.69, 9.17) is 5.73 Å². The van der Waals surface area contributed by atoms with Gasteiger partial charge in [0.2, 0.25) is 5.91 Å². The largest absolute Gasteiger partial charge is 0.370 e. The zero-order chi connectivity index (χ0) is 18.4. The topological polar surface area (TPSA) is 74.0 Å². The number of benzene rings is 1. The van der Waals surface area contributed by atoms with Gasteiger partial charge in [0.25, 0.3) is 0 Å². The first kappa shape index (κ1) is 21.9. The lowest BCUT2D eigenvalue weighted by Gasteiger charge is -2.35. The van der Waals surface area contributed by atoms with E-state index in [-0.39, 0.29) is 29.9 Å². The van der Waals surface area contributed by atoms with Gasteiger partial charge in [-0.1, -0.05) is 24.3 Å². The molecule has 1 aromatic rings. The Kier molecular flexibility index (Phi) is 8.82. The fraction of sp³-hybridized carbons (Fsp3) is 0.600. The summed E-state index contributed by atoms with van der Waals surface area (Å²) < 4.78 is 0. The fourth-order valence-corrected chi connectivity index (χ4v) is 4.11. The molecule has 3 N–H and O–H groups in total. The molecule has 27 heavy (non-hydrogen) atoms. The van der Waals surface area contributed by atoms with Crippen LogP contribution in [0.1, 0.15) is 30.4 Å². The first-order valence-corrected chi connectivity index (χ1v) is 9.68. The number of halogens is 1. The molecule has 6 nitrogen and oxygen atoms in total. The van der Waals surface area contributed by atoms with Crippen molar-refractivity contribution in [2.75, 3.05) is 39.8 Å². The highest BCUT2D eigenvalue weighted by Crippen LogP contribution is 2.20. The lowest BCUT2D eigenvalue weighted by Crippen LogP contribution is -2.48. The van der Waals surface area contributed by atoms with Crippen molar-refractivity contribution in [1.82, 2.24) is 15.1 Å². The van der Waals surface area contributed by atoms with Crippen molar-refractivity contribution in [3.8, 4) is 0 Å². The van der Waals surface area contributed by atoms with Crippen LogP contribution in [0.3, 0.4) is 0 Å². The number of nitrogens with one attached hydrogen (secondary N) is 1. The molecule has 0 aromatic heterocycles. The van der Waals surface area contributed by atoms with Crippen LogP contribution in [0.15, 0.2) is 29.3 Å². The number of carbonyl (C=O) groups is 1. The molecule has 0 spiro atoms. The molecule has 0 bridgehead atoms. The van der Waals surface area contributed by atoms with E-state index in [1.54, 1.807) is 0 Å². The van der Waals surface area contributed by atoms with Crippen LogP contribution in [0.4, 0.5) is 0 Å². The van der Waals surface area contributed by atoms with Crippen LogP contribution >= 0.6 is 24.0 Å². The molecule has 1 fully saturated rings. The van der Waals surface area contributed by atoms with Crippen molar-refractivity contribution in [2.24, 2.45) is 16.6 Å². The zero-order valence-corrected chi connectivity index (χ0v) is 18.5. The molecule has 1 unspecified atom stereocenters. The molecule has 2 aliphatic heterocycles. The van der Waals surface area contributed by atoms with E-state index in [0.29, 0.717) is 12.3 Å². The number of hydrogen-bond acceptors (Lipinski definition) is 3. The molecule has 7 heteroatoms. The Labute approximate surface area is 179 Å². The Hall–Kier alpha value is -1.35. The van der Waals surface area contributed by atoms with Gasteiger partial charge >= 0.3 is 0 Å². The minimum absolute atomic E-state index is 0. The molecule has 0 saturated carbocycles. The summed E-state index contributed by atoms with van der Waals surface area (Å²) in [6.45, 7) is 5.88. The highest BCUT2D eigenvalue weighted by molar-refractivity contribution is 14.0. The lowest BCUT2D eigenvalue weighted by molar-refractivity contribution is -0.119. The highest BCUT2D eigenvalue weighted by atomic mass is 127. The van der Waals surface area contributed by atoms with Gasteiger partial charge in [-0.15, -0.1) is 24.0 Å². The van der Waals surface area contributed by atoms with E-state index in [1.807, 2.05) is 7.05 Å². The number of guanidine groups is 1. The van der Waals surface area contributed by atoms with Crippen LogP contribution in [0.2, 0.25) is 0 Å². The third kappa shape index (κ3) is 6.34. The summed E-state index contributed by atoms with van der Waals surface area (Å²) in [6.07, 6.45) is 3.76. The molecular formula is C20H32IN5O. The summed E-state index contributed by atoms with van der Waals surface area (Å²) in [5, 5.41) is 3.50. The van der Waals surface area contributed by atoms with Crippen molar-refractivity contribution < 1.29 is 4.79 Å². The van der Waals surface area contributed by atoms with Crippen molar-refractivity contribution in [3.05, 3.63) is 35.4 Å². The molecule has 2 aliphatic rings. The van der Waals surface area contributed by atoms with Gasteiger partial charge in [0.15, 0.2) is 5.96 Å². The van der Waals surface area contributed by atoms with Crippen molar-refractivity contribution in [2.45, 2.75) is 32.2 Å². The van der Waals surface area contributed by atoms with Gasteiger partial charge in [0, 0.05) is 52.7 Å². The molecule has 1 aromatic carbocycles.